The number of benzene rings is 1. The highest BCUT2D eigenvalue weighted by atomic mass is 32.1. The van der Waals surface area contributed by atoms with Crippen LogP contribution in [-0.4, -0.2) is 21.0 Å². The lowest BCUT2D eigenvalue weighted by molar-refractivity contribution is 0.0887. The smallest absolute Gasteiger partial charge is 0.271 e. The van der Waals surface area contributed by atoms with Crippen molar-refractivity contribution in [2.24, 2.45) is 0 Å². The zero-order valence-electron chi connectivity index (χ0n) is 13.9. The summed E-state index contributed by atoms with van der Waals surface area (Å²) in [6, 6.07) is 9.86. The molecule has 1 amide bonds. The lowest BCUT2D eigenvalue weighted by Crippen LogP contribution is -2.44. The van der Waals surface area contributed by atoms with E-state index in [1.165, 1.54) is 11.3 Å². The zero-order valence-corrected chi connectivity index (χ0v) is 14.7. The second-order valence-corrected chi connectivity index (χ2v) is 7.14. The minimum atomic E-state index is -0.550. The number of hydrogen-bond acceptors (Lipinski definition) is 6. The molecule has 0 radical (unpaired) electrons. The molecule has 3 aromatic rings. The van der Waals surface area contributed by atoms with Crippen molar-refractivity contribution in [3.63, 3.8) is 0 Å². The van der Waals surface area contributed by atoms with E-state index in [2.05, 4.69) is 20.4 Å². The standard InChI is InChI=1S/C18H18N4O2S/c1-12-19-17(22-24-12)18(9-5-6-10-18)21-15(23)14-11-25-16(20-14)13-7-3-2-4-8-13/h2-4,7-8,11H,5-6,9-10H2,1H3,(H,21,23). The van der Waals surface area contributed by atoms with Crippen molar-refractivity contribution in [2.75, 3.05) is 0 Å². The van der Waals surface area contributed by atoms with E-state index in [9.17, 15) is 4.79 Å². The molecule has 1 aliphatic carbocycles. The van der Waals surface area contributed by atoms with Crippen LogP contribution in [0.3, 0.4) is 0 Å². The summed E-state index contributed by atoms with van der Waals surface area (Å²) in [5.74, 6) is 0.882. The first kappa shape index (κ1) is 16.0. The fourth-order valence-electron chi connectivity index (χ4n) is 3.25. The van der Waals surface area contributed by atoms with Gasteiger partial charge in [-0.05, 0) is 12.8 Å². The highest BCUT2D eigenvalue weighted by molar-refractivity contribution is 7.13. The molecule has 6 nitrogen and oxygen atoms in total. The normalized spacial score (nSPS) is 16.0. The average molecular weight is 354 g/mol. The Morgan fingerprint density at radius 2 is 1.96 bits per heavy atom. The molecule has 0 saturated heterocycles. The number of aromatic nitrogens is 3. The molecule has 1 saturated carbocycles. The van der Waals surface area contributed by atoms with E-state index in [0.717, 1.165) is 36.3 Å². The van der Waals surface area contributed by atoms with Crippen molar-refractivity contribution in [1.29, 1.82) is 0 Å². The lowest BCUT2D eigenvalue weighted by Gasteiger charge is -2.26. The maximum atomic E-state index is 12.8. The number of carbonyl (C=O) groups excluding carboxylic acids is 1. The van der Waals surface area contributed by atoms with Crippen LogP contribution in [0, 0.1) is 6.92 Å². The van der Waals surface area contributed by atoms with Gasteiger partial charge < -0.3 is 9.84 Å². The van der Waals surface area contributed by atoms with Crippen molar-refractivity contribution >= 4 is 17.2 Å². The number of nitrogens with one attached hydrogen (secondary N) is 1. The molecule has 1 fully saturated rings. The lowest BCUT2D eigenvalue weighted by atomic mass is 9.96. The second-order valence-electron chi connectivity index (χ2n) is 6.28. The maximum Gasteiger partial charge on any atom is 0.271 e. The third kappa shape index (κ3) is 3.07. The number of aryl methyl sites for hydroxylation is 1. The molecule has 0 spiro atoms. The van der Waals surface area contributed by atoms with E-state index in [-0.39, 0.29) is 5.91 Å². The van der Waals surface area contributed by atoms with Gasteiger partial charge in [-0.1, -0.05) is 48.3 Å². The van der Waals surface area contributed by atoms with Crippen LogP contribution in [0.5, 0.6) is 0 Å². The minimum absolute atomic E-state index is 0.192. The van der Waals surface area contributed by atoms with Gasteiger partial charge in [0.05, 0.1) is 0 Å². The van der Waals surface area contributed by atoms with Crippen LogP contribution < -0.4 is 5.32 Å². The van der Waals surface area contributed by atoms with Gasteiger partial charge >= 0.3 is 0 Å². The van der Waals surface area contributed by atoms with Gasteiger partial charge in [-0.15, -0.1) is 11.3 Å². The Hall–Kier alpha value is -2.54. The number of amides is 1. The number of carbonyl (C=O) groups is 1. The van der Waals surface area contributed by atoms with Gasteiger partial charge in [-0.3, -0.25) is 4.79 Å². The molecule has 1 N–H and O–H groups in total. The molecule has 25 heavy (non-hydrogen) atoms. The summed E-state index contributed by atoms with van der Waals surface area (Å²) in [6.45, 7) is 1.76. The number of nitrogens with zero attached hydrogens (tertiary/aromatic N) is 3. The van der Waals surface area contributed by atoms with Crippen LogP contribution in [-0.2, 0) is 5.54 Å². The Balaban J connectivity index is 1.58. The molecule has 1 aliphatic rings. The topological polar surface area (TPSA) is 80.9 Å². The molecular formula is C18H18N4O2S. The van der Waals surface area contributed by atoms with Gasteiger partial charge in [-0.25, -0.2) is 4.98 Å². The van der Waals surface area contributed by atoms with Crippen molar-refractivity contribution in [1.82, 2.24) is 20.4 Å². The number of hydrogen-bond donors (Lipinski definition) is 1. The monoisotopic (exact) mass is 354 g/mol. The van der Waals surface area contributed by atoms with E-state index in [4.69, 9.17) is 4.52 Å². The van der Waals surface area contributed by atoms with E-state index in [1.807, 2.05) is 30.3 Å². The first-order valence-electron chi connectivity index (χ1n) is 8.31. The quantitative estimate of drug-likeness (QED) is 0.772. The highest BCUT2D eigenvalue weighted by Gasteiger charge is 2.41. The van der Waals surface area contributed by atoms with Crippen molar-refractivity contribution < 1.29 is 9.32 Å². The fraction of sp³-hybridized carbons (Fsp3) is 0.333. The van der Waals surface area contributed by atoms with Crippen LogP contribution in [0.1, 0.15) is 47.9 Å². The molecule has 0 unspecified atom stereocenters. The molecule has 0 aliphatic heterocycles. The fourth-order valence-corrected chi connectivity index (χ4v) is 4.06. The minimum Gasteiger partial charge on any atom is -0.340 e. The molecule has 0 atom stereocenters. The molecule has 1 aromatic carbocycles. The summed E-state index contributed by atoms with van der Waals surface area (Å²) in [5, 5.41) is 9.80. The molecule has 0 bridgehead atoms. The molecule has 128 valence electrons. The Labute approximate surface area is 149 Å². The summed E-state index contributed by atoms with van der Waals surface area (Å²) in [4.78, 5) is 21.6. The Morgan fingerprint density at radius 1 is 1.20 bits per heavy atom. The Morgan fingerprint density at radius 3 is 2.64 bits per heavy atom. The van der Waals surface area contributed by atoms with Crippen LogP contribution >= 0.6 is 11.3 Å². The van der Waals surface area contributed by atoms with Gasteiger partial charge in [0.1, 0.15) is 16.2 Å². The second kappa shape index (κ2) is 6.40. The predicted molar refractivity (Wildman–Crippen MR) is 94.2 cm³/mol. The highest BCUT2D eigenvalue weighted by Crippen LogP contribution is 2.37. The van der Waals surface area contributed by atoms with Crippen LogP contribution in [0.25, 0.3) is 10.6 Å². The van der Waals surface area contributed by atoms with Gasteiger partial charge in [0.2, 0.25) is 5.89 Å². The van der Waals surface area contributed by atoms with Gasteiger partial charge in [-0.2, -0.15) is 4.98 Å². The maximum absolute atomic E-state index is 12.8. The third-order valence-electron chi connectivity index (χ3n) is 4.52. The first-order chi connectivity index (χ1) is 12.2. The third-order valence-corrected chi connectivity index (χ3v) is 5.41. The molecule has 4 rings (SSSR count). The van der Waals surface area contributed by atoms with Gasteiger partial charge in [0.15, 0.2) is 5.82 Å². The molecule has 7 heteroatoms. The summed E-state index contributed by atoms with van der Waals surface area (Å²) >= 11 is 1.47. The van der Waals surface area contributed by atoms with E-state index >= 15 is 0 Å². The summed E-state index contributed by atoms with van der Waals surface area (Å²) < 4.78 is 5.13. The number of rotatable bonds is 4. The van der Waals surface area contributed by atoms with E-state index in [1.54, 1.807) is 12.3 Å². The predicted octanol–water partition coefficient (Wildman–Crippen LogP) is 3.70. The van der Waals surface area contributed by atoms with Crippen LogP contribution in [0.4, 0.5) is 0 Å². The average Bonchev–Trinajstić information content (AvgIpc) is 3.36. The summed E-state index contributed by atoms with van der Waals surface area (Å²) in [5.41, 5.74) is 0.886. The van der Waals surface area contributed by atoms with Crippen LogP contribution in [0.2, 0.25) is 0 Å². The first-order valence-corrected chi connectivity index (χ1v) is 9.18. The van der Waals surface area contributed by atoms with Gasteiger partial charge in [0, 0.05) is 17.9 Å². The summed E-state index contributed by atoms with van der Waals surface area (Å²) in [6.07, 6.45) is 3.68. The molecule has 2 heterocycles. The van der Waals surface area contributed by atoms with Crippen molar-refractivity contribution in [3.05, 3.63) is 53.1 Å². The van der Waals surface area contributed by atoms with Crippen LogP contribution in [0.15, 0.2) is 40.2 Å². The van der Waals surface area contributed by atoms with Crippen molar-refractivity contribution in [3.8, 4) is 10.6 Å². The molecular weight excluding hydrogens is 336 g/mol. The van der Waals surface area contributed by atoms with E-state index < -0.39 is 5.54 Å². The Kier molecular flexibility index (Phi) is 4.09. The SMILES string of the molecule is Cc1nc(C2(NC(=O)c3csc(-c4ccccc4)n3)CCCC2)no1. The Bertz CT molecular complexity index is 881. The number of thiazole rings is 1. The molecule has 2 aromatic heterocycles. The van der Waals surface area contributed by atoms with Crippen molar-refractivity contribution in [2.45, 2.75) is 38.1 Å². The van der Waals surface area contributed by atoms with E-state index in [0.29, 0.717) is 17.4 Å². The van der Waals surface area contributed by atoms with Gasteiger partial charge in [0.25, 0.3) is 5.91 Å². The largest absolute Gasteiger partial charge is 0.340 e. The summed E-state index contributed by atoms with van der Waals surface area (Å²) in [7, 11) is 0. The zero-order chi connectivity index (χ0) is 17.3.